The summed E-state index contributed by atoms with van der Waals surface area (Å²) in [4.78, 5) is 10.6. The average Bonchev–Trinajstić information content (AvgIpc) is 2.52. The molecule has 1 aromatic carbocycles. The minimum absolute atomic E-state index is 0.0482. The fraction of sp³-hybridized carbons (Fsp3) is 0.417. The second-order valence-corrected chi connectivity index (χ2v) is 3.83. The lowest BCUT2D eigenvalue weighted by Gasteiger charge is -2.13. The number of phenolic OH excluding ortho intramolecular Hbond substituents is 1. The van der Waals surface area contributed by atoms with Crippen molar-refractivity contribution in [3.8, 4) is 17.2 Å². The molecule has 0 radical (unpaired) electrons. The van der Waals surface area contributed by atoms with Gasteiger partial charge >= 0.3 is 5.97 Å². The van der Waals surface area contributed by atoms with Crippen molar-refractivity contribution in [2.45, 2.75) is 19.3 Å². The monoisotopic (exact) mass is 238 g/mol. The van der Waals surface area contributed by atoms with Crippen molar-refractivity contribution in [1.29, 1.82) is 0 Å². The minimum Gasteiger partial charge on any atom is -0.508 e. The highest BCUT2D eigenvalue weighted by Crippen LogP contribution is 2.39. The summed E-state index contributed by atoms with van der Waals surface area (Å²) >= 11 is 0. The molecule has 0 amide bonds. The van der Waals surface area contributed by atoms with E-state index in [4.69, 9.17) is 14.6 Å². The highest BCUT2D eigenvalue weighted by atomic mass is 16.5. The van der Waals surface area contributed by atoms with Crippen LogP contribution in [0.15, 0.2) is 12.1 Å². The third kappa shape index (κ3) is 2.61. The first kappa shape index (κ1) is 11.6. The number of rotatable bonds is 3. The zero-order valence-corrected chi connectivity index (χ0v) is 9.31. The zero-order chi connectivity index (χ0) is 12.3. The Bertz CT molecular complexity index is 427. The van der Waals surface area contributed by atoms with Crippen LogP contribution in [0.25, 0.3) is 0 Å². The number of carboxylic acids is 1. The molecule has 1 heterocycles. The van der Waals surface area contributed by atoms with Crippen LogP contribution in [0.5, 0.6) is 17.2 Å². The molecule has 5 nitrogen and oxygen atoms in total. The number of benzene rings is 1. The van der Waals surface area contributed by atoms with Crippen LogP contribution in [-0.2, 0) is 11.2 Å². The van der Waals surface area contributed by atoms with Gasteiger partial charge in [-0.2, -0.15) is 0 Å². The SMILES string of the molecule is O=C(O)CCc1c(O)ccc2c1OCCCO2. The van der Waals surface area contributed by atoms with E-state index in [1.54, 1.807) is 6.07 Å². The van der Waals surface area contributed by atoms with Gasteiger partial charge in [0, 0.05) is 18.4 Å². The molecule has 17 heavy (non-hydrogen) atoms. The van der Waals surface area contributed by atoms with Crippen LogP contribution >= 0.6 is 0 Å². The van der Waals surface area contributed by atoms with Crippen LogP contribution in [0.2, 0.25) is 0 Å². The van der Waals surface area contributed by atoms with Gasteiger partial charge in [0.05, 0.1) is 13.2 Å². The normalized spacial score (nSPS) is 14.1. The molecule has 0 spiro atoms. The largest absolute Gasteiger partial charge is 0.508 e. The van der Waals surface area contributed by atoms with Crippen molar-refractivity contribution in [1.82, 2.24) is 0 Å². The summed E-state index contributed by atoms with van der Waals surface area (Å²) in [6.45, 7) is 1.08. The van der Waals surface area contributed by atoms with Crippen molar-refractivity contribution in [3.63, 3.8) is 0 Å². The van der Waals surface area contributed by atoms with Crippen molar-refractivity contribution in [3.05, 3.63) is 17.7 Å². The van der Waals surface area contributed by atoms with E-state index < -0.39 is 5.97 Å². The predicted molar refractivity (Wildman–Crippen MR) is 59.7 cm³/mol. The molecule has 0 atom stereocenters. The molecule has 92 valence electrons. The van der Waals surface area contributed by atoms with Gasteiger partial charge in [0.15, 0.2) is 11.5 Å². The third-order valence-electron chi connectivity index (χ3n) is 2.58. The van der Waals surface area contributed by atoms with Gasteiger partial charge < -0.3 is 19.7 Å². The Balaban J connectivity index is 2.31. The number of aromatic hydroxyl groups is 1. The maximum Gasteiger partial charge on any atom is 0.303 e. The average molecular weight is 238 g/mol. The van der Waals surface area contributed by atoms with Gasteiger partial charge in [-0.25, -0.2) is 0 Å². The lowest BCUT2D eigenvalue weighted by atomic mass is 10.1. The smallest absolute Gasteiger partial charge is 0.303 e. The molecule has 0 fully saturated rings. The van der Waals surface area contributed by atoms with E-state index in [0.717, 1.165) is 6.42 Å². The number of fused-ring (bicyclic) bond motifs is 1. The summed E-state index contributed by atoms with van der Waals surface area (Å²) in [5.41, 5.74) is 0.506. The maximum absolute atomic E-state index is 10.6. The molecule has 0 saturated heterocycles. The summed E-state index contributed by atoms with van der Waals surface area (Å²) in [7, 11) is 0. The molecule has 0 saturated carbocycles. The molecule has 5 heteroatoms. The summed E-state index contributed by atoms with van der Waals surface area (Å²) in [5.74, 6) is 0.191. The highest BCUT2D eigenvalue weighted by molar-refractivity contribution is 5.68. The molecule has 1 aliphatic heterocycles. The zero-order valence-electron chi connectivity index (χ0n) is 9.31. The first-order chi connectivity index (χ1) is 8.18. The second kappa shape index (κ2) is 4.95. The van der Waals surface area contributed by atoms with E-state index in [2.05, 4.69) is 0 Å². The van der Waals surface area contributed by atoms with E-state index in [9.17, 15) is 9.90 Å². The molecule has 0 bridgehead atoms. The van der Waals surface area contributed by atoms with E-state index in [0.29, 0.717) is 30.3 Å². The molecule has 1 aliphatic rings. The van der Waals surface area contributed by atoms with Crippen LogP contribution in [0, 0.1) is 0 Å². The fourth-order valence-electron chi connectivity index (χ4n) is 1.76. The van der Waals surface area contributed by atoms with Crippen molar-refractivity contribution >= 4 is 5.97 Å². The molecule has 0 aromatic heterocycles. The Kier molecular flexibility index (Phi) is 3.37. The van der Waals surface area contributed by atoms with Gasteiger partial charge in [-0.1, -0.05) is 0 Å². The van der Waals surface area contributed by atoms with Crippen molar-refractivity contribution in [2.24, 2.45) is 0 Å². The number of carboxylic acid groups (broad SMARTS) is 1. The van der Waals surface area contributed by atoms with E-state index in [1.807, 2.05) is 0 Å². The topological polar surface area (TPSA) is 76.0 Å². The van der Waals surface area contributed by atoms with Crippen LogP contribution in [0.4, 0.5) is 0 Å². The number of ether oxygens (including phenoxy) is 2. The van der Waals surface area contributed by atoms with Crippen LogP contribution in [-0.4, -0.2) is 29.4 Å². The third-order valence-corrected chi connectivity index (χ3v) is 2.58. The van der Waals surface area contributed by atoms with Crippen LogP contribution in [0.3, 0.4) is 0 Å². The Morgan fingerprint density at radius 1 is 1.29 bits per heavy atom. The standard InChI is InChI=1S/C12H14O5/c13-9-3-4-10-12(17-7-1-6-16-10)8(9)2-5-11(14)15/h3-4,13H,1-2,5-7H2,(H,14,15). The van der Waals surface area contributed by atoms with Gasteiger partial charge in [0.25, 0.3) is 0 Å². The molecular formula is C12H14O5. The lowest BCUT2D eigenvalue weighted by Crippen LogP contribution is -2.02. The van der Waals surface area contributed by atoms with Gasteiger partial charge in [-0.15, -0.1) is 0 Å². The summed E-state index contributed by atoms with van der Waals surface area (Å²) in [6.07, 6.45) is 0.953. The minimum atomic E-state index is -0.906. The van der Waals surface area contributed by atoms with Crippen LogP contribution < -0.4 is 9.47 Å². The number of phenols is 1. The summed E-state index contributed by atoms with van der Waals surface area (Å²) in [6, 6.07) is 3.14. The number of hydrogen-bond acceptors (Lipinski definition) is 4. The second-order valence-electron chi connectivity index (χ2n) is 3.83. The number of aliphatic carboxylic acids is 1. The van der Waals surface area contributed by atoms with E-state index >= 15 is 0 Å². The van der Waals surface area contributed by atoms with Crippen LogP contribution in [0.1, 0.15) is 18.4 Å². The fourth-order valence-corrected chi connectivity index (χ4v) is 1.76. The van der Waals surface area contributed by atoms with Gasteiger partial charge in [0.1, 0.15) is 5.75 Å². The molecule has 1 aromatic rings. The van der Waals surface area contributed by atoms with Gasteiger partial charge in [-0.3, -0.25) is 4.79 Å². The summed E-state index contributed by atoms with van der Waals surface area (Å²) in [5, 5.41) is 18.4. The first-order valence-corrected chi connectivity index (χ1v) is 5.50. The molecular weight excluding hydrogens is 224 g/mol. The Hall–Kier alpha value is -1.91. The molecule has 2 N–H and O–H groups in total. The van der Waals surface area contributed by atoms with E-state index in [1.165, 1.54) is 6.07 Å². The number of carbonyl (C=O) groups is 1. The molecule has 0 unspecified atom stereocenters. The highest BCUT2D eigenvalue weighted by Gasteiger charge is 2.18. The quantitative estimate of drug-likeness (QED) is 0.835. The number of hydrogen-bond donors (Lipinski definition) is 2. The molecule has 0 aliphatic carbocycles. The van der Waals surface area contributed by atoms with Gasteiger partial charge in [0.2, 0.25) is 0 Å². The maximum atomic E-state index is 10.6. The Morgan fingerprint density at radius 3 is 2.82 bits per heavy atom. The Labute approximate surface area is 98.6 Å². The van der Waals surface area contributed by atoms with Crippen molar-refractivity contribution in [2.75, 3.05) is 13.2 Å². The van der Waals surface area contributed by atoms with E-state index in [-0.39, 0.29) is 18.6 Å². The summed E-state index contributed by atoms with van der Waals surface area (Å²) < 4.78 is 11.0. The Morgan fingerprint density at radius 2 is 2.06 bits per heavy atom. The molecule has 2 rings (SSSR count). The van der Waals surface area contributed by atoms with Crippen molar-refractivity contribution < 1.29 is 24.5 Å². The van der Waals surface area contributed by atoms with Gasteiger partial charge in [-0.05, 0) is 18.6 Å². The predicted octanol–water partition coefficient (Wildman–Crippen LogP) is 1.57. The lowest BCUT2D eigenvalue weighted by molar-refractivity contribution is -0.136. The first-order valence-electron chi connectivity index (χ1n) is 5.50.